The maximum atomic E-state index is 5.55. The number of rotatable bonds is 9. The number of hydrogen-bond acceptors (Lipinski definition) is 2. The van der Waals surface area contributed by atoms with Gasteiger partial charge in [0, 0.05) is 6.04 Å². The molecule has 0 heterocycles. The van der Waals surface area contributed by atoms with Crippen molar-refractivity contribution in [1.29, 1.82) is 0 Å². The van der Waals surface area contributed by atoms with E-state index in [1.165, 1.54) is 18.4 Å². The first-order valence-electron chi connectivity index (χ1n) is 7.62. The molecule has 1 aromatic carbocycles. The molecule has 108 valence electrons. The SMILES string of the molecule is CCCNC(CCc1cccc(OCC)c1)C(C)C. The van der Waals surface area contributed by atoms with E-state index in [0.29, 0.717) is 12.0 Å². The Hall–Kier alpha value is -1.02. The number of hydrogen-bond donors (Lipinski definition) is 1. The molecular weight excluding hydrogens is 234 g/mol. The molecule has 0 bridgehead atoms. The van der Waals surface area contributed by atoms with Crippen LogP contribution in [-0.2, 0) is 6.42 Å². The van der Waals surface area contributed by atoms with E-state index in [0.717, 1.165) is 25.3 Å². The van der Waals surface area contributed by atoms with E-state index >= 15 is 0 Å². The smallest absolute Gasteiger partial charge is 0.119 e. The summed E-state index contributed by atoms with van der Waals surface area (Å²) in [5.41, 5.74) is 1.37. The van der Waals surface area contributed by atoms with Gasteiger partial charge >= 0.3 is 0 Å². The van der Waals surface area contributed by atoms with E-state index in [9.17, 15) is 0 Å². The third kappa shape index (κ3) is 6.11. The van der Waals surface area contributed by atoms with Crippen molar-refractivity contribution in [3.05, 3.63) is 29.8 Å². The Balaban J connectivity index is 2.50. The molecule has 19 heavy (non-hydrogen) atoms. The highest BCUT2D eigenvalue weighted by molar-refractivity contribution is 5.28. The summed E-state index contributed by atoms with van der Waals surface area (Å²) in [5, 5.41) is 3.65. The molecule has 0 fully saturated rings. The Labute approximate surface area is 118 Å². The first-order valence-corrected chi connectivity index (χ1v) is 7.62. The van der Waals surface area contributed by atoms with Crippen molar-refractivity contribution in [3.63, 3.8) is 0 Å². The summed E-state index contributed by atoms with van der Waals surface area (Å²) in [6.45, 7) is 10.7. The molecule has 0 radical (unpaired) electrons. The average Bonchev–Trinajstić information content (AvgIpc) is 2.39. The molecule has 1 N–H and O–H groups in total. The van der Waals surface area contributed by atoms with Crippen LogP contribution in [0.4, 0.5) is 0 Å². The fraction of sp³-hybridized carbons (Fsp3) is 0.647. The summed E-state index contributed by atoms with van der Waals surface area (Å²) >= 11 is 0. The molecule has 0 spiro atoms. The minimum absolute atomic E-state index is 0.607. The van der Waals surface area contributed by atoms with E-state index in [-0.39, 0.29) is 0 Å². The van der Waals surface area contributed by atoms with Gasteiger partial charge in [-0.2, -0.15) is 0 Å². The normalized spacial score (nSPS) is 12.7. The lowest BCUT2D eigenvalue weighted by atomic mass is 9.96. The Morgan fingerprint density at radius 1 is 1.21 bits per heavy atom. The summed E-state index contributed by atoms with van der Waals surface area (Å²) < 4.78 is 5.55. The minimum Gasteiger partial charge on any atom is -0.494 e. The molecule has 0 aliphatic carbocycles. The van der Waals surface area contributed by atoms with Gasteiger partial charge in [0.05, 0.1) is 6.61 Å². The van der Waals surface area contributed by atoms with Crippen LogP contribution in [0.1, 0.15) is 46.1 Å². The predicted octanol–water partition coefficient (Wildman–Crippen LogP) is 4.04. The maximum absolute atomic E-state index is 5.55. The van der Waals surface area contributed by atoms with Gasteiger partial charge in [0.1, 0.15) is 5.75 Å². The van der Waals surface area contributed by atoms with Gasteiger partial charge in [-0.25, -0.2) is 0 Å². The Morgan fingerprint density at radius 3 is 2.63 bits per heavy atom. The zero-order chi connectivity index (χ0) is 14.1. The van der Waals surface area contributed by atoms with Gasteiger partial charge in [-0.1, -0.05) is 32.9 Å². The van der Waals surface area contributed by atoms with Crippen LogP contribution in [0.25, 0.3) is 0 Å². The molecule has 0 saturated heterocycles. The highest BCUT2D eigenvalue weighted by Gasteiger charge is 2.12. The fourth-order valence-corrected chi connectivity index (χ4v) is 2.28. The molecule has 0 amide bonds. The lowest BCUT2D eigenvalue weighted by molar-refractivity contribution is 0.339. The van der Waals surface area contributed by atoms with Crippen molar-refractivity contribution in [1.82, 2.24) is 5.32 Å². The molecular formula is C17H29NO. The molecule has 0 saturated carbocycles. The molecule has 1 atom stereocenters. The number of nitrogens with one attached hydrogen (secondary N) is 1. The van der Waals surface area contributed by atoms with Crippen LogP contribution in [-0.4, -0.2) is 19.2 Å². The largest absolute Gasteiger partial charge is 0.494 e. The minimum atomic E-state index is 0.607. The molecule has 2 heteroatoms. The van der Waals surface area contributed by atoms with E-state index in [2.05, 4.69) is 44.3 Å². The second kappa shape index (κ2) is 8.98. The van der Waals surface area contributed by atoms with Gasteiger partial charge in [-0.3, -0.25) is 0 Å². The Morgan fingerprint density at radius 2 is 2.00 bits per heavy atom. The van der Waals surface area contributed by atoms with Crippen LogP contribution >= 0.6 is 0 Å². The topological polar surface area (TPSA) is 21.3 Å². The third-order valence-electron chi connectivity index (χ3n) is 3.41. The molecule has 0 aromatic heterocycles. The Kier molecular flexibility index (Phi) is 7.57. The van der Waals surface area contributed by atoms with Crippen molar-refractivity contribution >= 4 is 0 Å². The van der Waals surface area contributed by atoms with Crippen molar-refractivity contribution in [2.45, 2.75) is 53.0 Å². The second-order valence-electron chi connectivity index (χ2n) is 5.42. The van der Waals surface area contributed by atoms with Crippen molar-refractivity contribution in [2.75, 3.05) is 13.2 Å². The highest BCUT2D eigenvalue weighted by Crippen LogP contribution is 2.17. The monoisotopic (exact) mass is 263 g/mol. The summed E-state index contributed by atoms with van der Waals surface area (Å²) in [6, 6.07) is 9.09. The lowest BCUT2D eigenvalue weighted by Gasteiger charge is -2.22. The molecule has 2 nitrogen and oxygen atoms in total. The predicted molar refractivity (Wildman–Crippen MR) is 82.9 cm³/mol. The summed E-state index contributed by atoms with van der Waals surface area (Å²) in [7, 11) is 0. The molecule has 1 unspecified atom stereocenters. The first-order chi connectivity index (χ1) is 9.17. The van der Waals surface area contributed by atoms with Crippen LogP contribution in [0.3, 0.4) is 0 Å². The molecule has 1 rings (SSSR count). The maximum Gasteiger partial charge on any atom is 0.119 e. The van der Waals surface area contributed by atoms with Gasteiger partial charge in [0.25, 0.3) is 0 Å². The van der Waals surface area contributed by atoms with Gasteiger partial charge in [0.2, 0.25) is 0 Å². The average molecular weight is 263 g/mol. The quantitative estimate of drug-likeness (QED) is 0.726. The zero-order valence-corrected chi connectivity index (χ0v) is 12.9. The van der Waals surface area contributed by atoms with Gasteiger partial charge in [0.15, 0.2) is 0 Å². The lowest BCUT2D eigenvalue weighted by Crippen LogP contribution is -2.34. The summed E-state index contributed by atoms with van der Waals surface area (Å²) in [6.07, 6.45) is 3.50. The summed E-state index contributed by atoms with van der Waals surface area (Å²) in [4.78, 5) is 0. The summed E-state index contributed by atoms with van der Waals surface area (Å²) in [5.74, 6) is 1.67. The van der Waals surface area contributed by atoms with E-state index in [4.69, 9.17) is 4.74 Å². The Bertz CT molecular complexity index is 349. The van der Waals surface area contributed by atoms with Gasteiger partial charge in [-0.05, 0) is 56.3 Å². The van der Waals surface area contributed by atoms with E-state index < -0.39 is 0 Å². The number of ether oxygens (including phenoxy) is 1. The zero-order valence-electron chi connectivity index (χ0n) is 12.9. The van der Waals surface area contributed by atoms with Crippen molar-refractivity contribution in [2.24, 2.45) is 5.92 Å². The fourth-order valence-electron chi connectivity index (χ4n) is 2.28. The highest BCUT2D eigenvalue weighted by atomic mass is 16.5. The number of benzene rings is 1. The number of aryl methyl sites for hydroxylation is 1. The molecule has 0 aliphatic rings. The van der Waals surface area contributed by atoms with Gasteiger partial charge < -0.3 is 10.1 Å². The van der Waals surface area contributed by atoms with Crippen LogP contribution < -0.4 is 10.1 Å². The third-order valence-corrected chi connectivity index (χ3v) is 3.41. The van der Waals surface area contributed by atoms with Crippen LogP contribution in [0, 0.1) is 5.92 Å². The van der Waals surface area contributed by atoms with E-state index in [1.54, 1.807) is 0 Å². The van der Waals surface area contributed by atoms with Crippen LogP contribution in [0.15, 0.2) is 24.3 Å². The van der Waals surface area contributed by atoms with Gasteiger partial charge in [-0.15, -0.1) is 0 Å². The standard InChI is InChI=1S/C17H29NO/c1-5-12-18-17(14(3)4)11-10-15-8-7-9-16(13-15)19-6-2/h7-9,13-14,17-18H,5-6,10-12H2,1-4H3. The van der Waals surface area contributed by atoms with Crippen molar-refractivity contribution in [3.8, 4) is 5.75 Å². The first kappa shape index (κ1) is 16.0. The van der Waals surface area contributed by atoms with E-state index in [1.807, 2.05) is 13.0 Å². The van der Waals surface area contributed by atoms with Crippen LogP contribution in [0.5, 0.6) is 5.75 Å². The second-order valence-corrected chi connectivity index (χ2v) is 5.42. The van der Waals surface area contributed by atoms with Crippen LogP contribution in [0.2, 0.25) is 0 Å². The van der Waals surface area contributed by atoms with Crippen molar-refractivity contribution < 1.29 is 4.74 Å². The molecule has 0 aliphatic heterocycles. The molecule has 1 aromatic rings.